The predicted octanol–water partition coefficient (Wildman–Crippen LogP) is 4.33. The number of carbonyl (C=O) groups excluding carboxylic acids is 2. The van der Waals surface area contributed by atoms with E-state index in [9.17, 15) is 9.59 Å². The number of unbranched alkanes of at least 4 members (excludes halogenated alkanes) is 1. The van der Waals surface area contributed by atoms with Crippen LogP contribution in [0.2, 0.25) is 0 Å². The van der Waals surface area contributed by atoms with E-state index in [1.54, 1.807) is 0 Å². The molecular formula is C32H50N4O4. The van der Waals surface area contributed by atoms with Gasteiger partial charge in [0.25, 0.3) is 5.91 Å². The summed E-state index contributed by atoms with van der Waals surface area (Å²) in [6.07, 6.45) is 7.22. The van der Waals surface area contributed by atoms with Crippen molar-refractivity contribution in [1.82, 2.24) is 19.6 Å². The summed E-state index contributed by atoms with van der Waals surface area (Å²) >= 11 is 0. The molecule has 0 bridgehead atoms. The van der Waals surface area contributed by atoms with Gasteiger partial charge in [0, 0.05) is 89.3 Å². The molecule has 8 heteroatoms. The van der Waals surface area contributed by atoms with Crippen LogP contribution in [-0.4, -0.2) is 115 Å². The second kappa shape index (κ2) is 13.2. The lowest BCUT2D eigenvalue weighted by atomic mass is 9.75. The zero-order chi connectivity index (χ0) is 28.1. The van der Waals surface area contributed by atoms with Crippen molar-refractivity contribution in [2.45, 2.75) is 77.4 Å². The van der Waals surface area contributed by atoms with E-state index in [0.29, 0.717) is 12.0 Å². The Labute approximate surface area is 240 Å². The van der Waals surface area contributed by atoms with Gasteiger partial charge in [-0.05, 0) is 44.2 Å². The molecule has 1 aromatic rings. The molecule has 0 aliphatic carbocycles. The first-order valence-corrected chi connectivity index (χ1v) is 15.8. The summed E-state index contributed by atoms with van der Waals surface area (Å²) in [6.45, 7) is 15.8. The van der Waals surface area contributed by atoms with Crippen molar-refractivity contribution in [3.8, 4) is 0 Å². The molecule has 0 aromatic heterocycles. The first-order valence-electron chi connectivity index (χ1n) is 15.8. The van der Waals surface area contributed by atoms with Crippen LogP contribution in [0.1, 0.15) is 73.4 Å². The van der Waals surface area contributed by atoms with Gasteiger partial charge in [0.1, 0.15) is 5.60 Å². The third kappa shape index (κ3) is 6.50. The number of aryl methyl sites for hydroxylation is 2. The van der Waals surface area contributed by atoms with Crippen LogP contribution < -0.4 is 0 Å². The van der Waals surface area contributed by atoms with E-state index in [4.69, 9.17) is 9.47 Å². The topological polar surface area (TPSA) is 65.6 Å². The molecule has 1 aromatic carbocycles. The second-order valence-electron chi connectivity index (χ2n) is 12.5. The molecule has 4 aliphatic rings. The fourth-order valence-corrected chi connectivity index (χ4v) is 7.43. The van der Waals surface area contributed by atoms with Crippen molar-refractivity contribution in [1.29, 1.82) is 0 Å². The van der Waals surface area contributed by atoms with E-state index >= 15 is 0 Å². The maximum atomic E-state index is 13.3. The normalized spacial score (nSPS) is 24.9. The lowest BCUT2D eigenvalue weighted by Gasteiger charge is -2.52. The highest BCUT2D eigenvalue weighted by Crippen LogP contribution is 2.41. The Morgan fingerprint density at radius 1 is 0.975 bits per heavy atom. The monoisotopic (exact) mass is 554 g/mol. The average Bonchev–Trinajstić information content (AvgIpc) is 2.97. The van der Waals surface area contributed by atoms with Gasteiger partial charge < -0.3 is 19.3 Å². The number of rotatable bonds is 8. The summed E-state index contributed by atoms with van der Waals surface area (Å²) in [5.41, 5.74) is 2.68. The molecule has 2 amide bonds. The SMILES string of the molecule is CCCCC1CN(CCN2CCOCC2)C(=O)OC12CCN(C1CCN(C(=O)c3c(C)cccc3C)CC1)CC2. The molecule has 4 saturated heterocycles. The molecule has 8 nitrogen and oxygen atoms in total. The van der Waals surface area contributed by atoms with Crippen molar-refractivity contribution in [2.24, 2.45) is 5.92 Å². The number of likely N-dealkylation sites (tertiary alicyclic amines) is 2. The fraction of sp³-hybridized carbons (Fsp3) is 0.750. The Balaban J connectivity index is 1.14. The minimum absolute atomic E-state index is 0.118. The number of ether oxygens (including phenoxy) is 2. The van der Waals surface area contributed by atoms with Gasteiger partial charge in [0.15, 0.2) is 0 Å². The highest BCUT2D eigenvalue weighted by atomic mass is 16.6. The van der Waals surface area contributed by atoms with E-state index in [-0.39, 0.29) is 17.6 Å². The molecule has 4 fully saturated rings. The second-order valence-corrected chi connectivity index (χ2v) is 12.5. The molecule has 0 saturated carbocycles. The average molecular weight is 555 g/mol. The maximum absolute atomic E-state index is 13.3. The molecule has 4 heterocycles. The smallest absolute Gasteiger partial charge is 0.410 e. The first kappa shape index (κ1) is 29.3. The van der Waals surface area contributed by atoms with E-state index < -0.39 is 0 Å². The molecule has 1 unspecified atom stereocenters. The van der Waals surface area contributed by atoms with Gasteiger partial charge in [0.2, 0.25) is 0 Å². The van der Waals surface area contributed by atoms with Crippen molar-refractivity contribution in [3.05, 3.63) is 34.9 Å². The molecule has 1 atom stereocenters. The minimum Gasteiger partial charge on any atom is -0.442 e. The van der Waals surface area contributed by atoms with Gasteiger partial charge in [-0.15, -0.1) is 0 Å². The van der Waals surface area contributed by atoms with Crippen LogP contribution in [0.4, 0.5) is 4.79 Å². The largest absolute Gasteiger partial charge is 0.442 e. The van der Waals surface area contributed by atoms with Crippen LogP contribution >= 0.6 is 0 Å². The molecule has 222 valence electrons. The molecule has 40 heavy (non-hydrogen) atoms. The predicted molar refractivity (Wildman–Crippen MR) is 157 cm³/mol. The standard InChI is InChI=1S/C32H50N4O4/c1-4-5-9-27-24-36(19-18-33-20-22-39-23-21-33)31(38)40-32(27)12-16-34(17-13-32)28-10-14-35(15-11-28)30(37)29-25(2)7-6-8-26(29)3/h6-8,27-28H,4-5,9-24H2,1-3H3. The quantitative estimate of drug-likeness (QED) is 0.477. The summed E-state index contributed by atoms with van der Waals surface area (Å²) < 4.78 is 11.9. The van der Waals surface area contributed by atoms with Crippen LogP contribution in [-0.2, 0) is 9.47 Å². The molecule has 0 N–H and O–H groups in total. The summed E-state index contributed by atoms with van der Waals surface area (Å²) in [5.74, 6) is 0.575. The number of benzene rings is 1. The van der Waals surface area contributed by atoms with Crippen molar-refractivity contribution in [2.75, 3.05) is 72.1 Å². The Kier molecular flexibility index (Phi) is 9.69. The van der Waals surface area contributed by atoms with E-state index in [1.165, 1.54) is 12.8 Å². The minimum atomic E-state index is -0.322. The van der Waals surface area contributed by atoms with Gasteiger partial charge in [-0.25, -0.2) is 4.79 Å². The number of piperidine rings is 2. The van der Waals surface area contributed by atoms with E-state index in [0.717, 1.165) is 121 Å². The lowest BCUT2D eigenvalue weighted by Crippen LogP contribution is -2.62. The Morgan fingerprint density at radius 2 is 1.65 bits per heavy atom. The summed E-state index contributed by atoms with van der Waals surface area (Å²) in [7, 11) is 0. The van der Waals surface area contributed by atoms with Crippen LogP contribution in [0.15, 0.2) is 18.2 Å². The van der Waals surface area contributed by atoms with Gasteiger partial charge in [-0.3, -0.25) is 14.6 Å². The molecule has 5 rings (SSSR count). The third-order valence-corrected chi connectivity index (χ3v) is 10.0. The van der Waals surface area contributed by atoms with Crippen LogP contribution in [0, 0.1) is 19.8 Å². The van der Waals surface area contributed by atoms with Crippen LogP contribution in [0.5, 0.6) is 0 Å². The van der Waals surface area contributed by atoms with E-state index in [2.05, 4.69) is 16.7 Å². The molecule has 4 aliphatic heterocycles. The number of hydrogen-bond acceptors (Lipinski definition) is 6. The highest BCUT2D eigenvalue weighted by molar-refractivity contribution is 5.97. The third-order valence-electron chi connectivity index (χ3n) is 10.0. The Hall–Kier alpha value is -2.16. The summed E-state index contributed by atoms with van der Waals surface area (Å²) in [5, 5.41) is 0. The van der Waals surface area contributed by atoms with E-state index in [1.807, 2.05) is 41.8 Å². The number of amides is 2. The molecular weight excluding hydrogens is 504 g/mol. The summed E-state index contributed by atoms with van der Waals surface area (Å²) in [4.78, 5) is 35.5. The Bertz CT molecular complexity index is 990. The number of morpholine rings is 1. The van der Waals surface area contributed by atoms with Crippen LogP contribution in [0.3, 0.4) is 0 Å². The van der Waals surface area contributed by atoms with Crippen molar-refractivity contribution < 1.29 is 19.1 Å². The van der Waals surface area contributed by atoms with Crippen molar-refractivity contribution in [3.63, 3.8) is 0 Å². The Morgan fingerprint density at radius 3 is 2.30 bits per heavy atom. The van der Waals surface area contributed by atoms with Gasteiger partial charge in [-0.1, -0.05) is 38.0 Å². The van der Waals surface area contributed by atoms with Gasteiger partial charge in [0.05, 0.1) is 13.2 Å². The first-order chi connectivity index (χ1) is 19.4. The van der Waals surface area contributed by atoms with Gasteiger partial charge in [-0.2, -0.15) is 0 Å². The number of carbonyl (C=O) groups is 2. The summed E-state index contributed by atoms with van der Waals surface area (Å²) in [6, 6.07) is 6.59. The zero-order valence-electron chi connectivity index (χ0n) is 25.0. The molecule has 1 spiro atoms. The lowest BCUT2D eigenvalue weighted by molar-refractivity contribution is -0.126. The number of hydrogen-bond donors (Lipinski definition) is 0. The van der Waals surface area contributed by atoms with Crippen LogP contribution in [0.25, 0.3) is 0 Å². The molecule has 0 radical (unpaired) electrons. The zero-order valence-corrected chi connectivity index (χ0v) is 25.0. The fourth-order valence-electron chi connectivity index (χ4n) is 7.43. The number of nitrogens with zero attached hydrogens (tertiary/aromatic N) is 4. The van der Waals surface area contributed by atoms with Gasteiger partial charge >= 0.3 is 6.09 Å². The van der Waals surface area contributed by atoms with Crippen molar-refractivity contribution >= 4 is 12.0 Å². The maximum Gasteiger partial charge on any atom is 0.410 e. The highest BCUT2D eigenvalue weighted by Gasteiger charge is 2.50.